The van der Waals surface area contributed by atoms with E-state index in [9.17, 15) is 13.2 Å². The second-order valence-electron chi connectivity index (χ2n) is 4.60. The van der Waals surface area contributed by atoms with E-state index in [1.807, 2.05) is 0 Å². The summed E-state index contributed by atoms with van der Waals surface area (Å²) in [5.74, 6) is 0.491. The van der Waals surface area contributed by atoms with Crippen LogP contribution in [0.4, 0.5) is 19.0 Å². The van der Waals surface area contributed by atoms with E-state index < -0.39 is 11.7 Å². The van der Waals surface area contributed by atoms with E-state index in [0.29, 0.717) is 19.6 Å². The molecule has 1 aromatic carbocycles. The normalized spacial score (nSPS) is 14.8. The van der Waals surface area contributed by atoms with Gasteiger partial charge in [-0.3, -0.25) is 5.10 Å². The minimum absolute atomic E-state index is 0.0732. The number of alkyl halides is 3. The molecule has 0 spiro atoms. The third-order valence-electron chi connectivity index (χ3n) is 3.08. The highest BCUT2D eigenvalue weighted by Gasteiger charge is 2.36. The Labute approximate surface area is 117 Å². The summed E-state index contributed by atoms with van der Waals surface area (Å²) in [4.78, 5) is 0. The van der Waals surface area contributed by atoms with E-state index in [1.165, 1.54) is 12.1 Å². The second kappa shape index (κ2) is 4.87. The zero-order valence-electron chi connectivity index (χ0n) is 10.8. The van der Waals surface area contributed by atoms with Crippen LogP contribution in [0.1, 0.15) is 12.0 Å². The van der Waals surface area contributed by atoms with Gasteiger partial charge >= 0.3 is 6.18 Å². The summed E-state index contributed by atoms with van der Waals surface area (Å²) in [5, 5.41) is 6.15. The highest BCUT2D eigenvalue weighted by molar-refractivity contribution is 5.70. The highest BCUT2D eigenvalue weighted by Crippen LogP contribution is 2.43. The molecule has 1 aliphatic heterocycles. The zero-order valence-corrected chi connectivity index (χ0v) is 10.8. The number of benzene rings is 1. The summed E-state index contributed by atoms with van der Waals surface area (Å²) in [6, 6.07) is 3.60. The van der Waals surface area contributed by atoms with Crippen molar-refractivity contribution in [3.63, 3.8) is 0 Å². The molecule has 0 bridgehead atoms. The topological polar surface area (TPSA) is 73.2 Å². The Kier molecular flexibility index (Phi) is 3.15. The minimum Gasteiger partial charge on any atom is -0.490 e. The molecule has 1 aliphatic rings. The van der Waals surface area contributed by atoms with Crippen molar-refractivity contribution in [2.45, 2.75) is 12.6 Å². The molecule has 112 valence electrons. The number of fused-ring (bicyclic) bond motifs is 1. The number of rotatable bonds is 1. The van der Waals surface area contributed by atoms with Gasteiger partial charge < -0.3 is 15.2 Å². The smallest absolute Gasteiger partial charge is 0.417 e. The molecule has 0 radical (unpaired) electrons. The van der Waals surface area contributed by atoms with Crippen molar-refractivity contribution in [2.75, 3.05) is 18.9 Å². The standard InChI is InChI=1S/C13H12F3N3O2/c14-13(15,16)8-5-11-10(20-2-1-3-21-11)4-7(8)9-6-12(17)19-18-9/h4-6H,1-3H2,(H3,17,18,19). The lowest BCUT2D eigenvalue weighted by Crippen LogP contribution is -2.08. The van der Waals surface area contributed by atoms with E-state index >= 15 is 0 Å². The number of aromatic nitrogens is 2. The first-order valence-corrected chi connectivity index (χ1v) is 6.27. The van der Waals surface area contributed by atoms with E-state index in [2.05, 4.69) is 10.2 Å². The first-order valence-electron chi connectivity index (χ1n) is 6.27. The molecule has 21 heavy (non-hydrogen) atoms. The molecule has 0 fully saturated rings. The van der Waals surface area contributed by atoms with Gasteiger partial charge in [0.1, 0.15) is 5.82 Å². The van der Waals surface area contributed by atoms with Gasteiger partial charge in [0, 0.05) is 18.1 Å². The van der Waals surface area contributed by atoms with Crippen molar-refractivity contribution in [2.24, 2.45) is 0 Å². The summed E-state index contributed by atoms with van der Waals surface area (Å²) in [7, 11) is 0. The monoisotopic (exact) mass is 299 g/mol. The maximum atomic E-state index is 13.3. The SMILES string of the molecule is Nc1cc(-c2cc3c(cc2C(F)(F)F)OCCCO3)[nH]n1. The molecule has 2 aromatic rings. The summed E-state index contributed by atoms with van der Waals surface area (Å²) in [6.45, 7) is 0.712. The maximum Gasteiger partial charge on any atom is 0.417 e. The van der Waals surface area contributed by atoms with E-state index in [-0.39, 0.29) is 28.6 Å². The Balaban J connectivity index is 2.18. The molecule has 1 aromatic heterocycles. The van der Waals surface area contributed by atoms with Crippen molar-refractivity contribution in [3.8, 4) is 22.8 Å². The lowest BCUT2D eigenvalue weighted by atomic mass is 10.0. The molecule has 3 N–H and O–H groups in total. The predicted molar refractivity (Wildman–Crippen MR) is 69.0 cm³/mol. The Morgan fingerprint density at radius 2 is 1.76 bits per heavy atom. The molecule has 0 atom stereocenters. The van der Waals surface area contributed by atoms with Crippen LogP contribution in [-0.4, -0.2) is 23.4 Å². The van der Waals surface area contributed by atoms with Crippen LogP contribution in [0, 0.1) is 0 Å². The number of hydrogen-bond donors (Lipinski definition) is 2. The highest BCUT2D eigenvalue weighted by atomic mass is 19.4. The number of aromatic amines is 1. The van der Waals surface area contributed by atoms with Crippen LogP contribution in [-0.2, 0) is 6.18 Å². The van der Waals surface area contributed by atoms with Crippen molar-refractivity contribution >= 4 is 5.82 Å². The fourth-order valence-corrected chi connectivity index (χ4v) is 2.14. The van der Waals surface area contributed by atoms with Gasteiger partial charge in [0.05, 0.1) is 24.5 Å². The Bertz CT molecular complexity index is 667. The number of H-pyrrole nitrogens is 1. The number of nitrogen functional groups attached to an aromatic ring is 1. The van der Waals surface area contributed by atoms with Crippen LogP contribution >= 0.6 is 0 Å². The third-order valence-corrected chi connectivity index (χ3v) is 3.08. The molecule has 5 nitrogen and oxygen atoms in total. The minimum atomic E-state index is -4.53. The van der Waals surface area contributed by atoms with Crippen molar-refractivity contribution in [3.05, 3.63) is 23.8 Å². The van der Waals surface area contributed by atoms with Crippen molar-refractivity contribution < 1.29 is 22.6 Å². The summed E-state index contributed by atoms with van der Waals surface area (Å²) in [6.07, 6.45) is -3.91. The Morgan fingerprint density at radius 1 is 1.10 bits per heavy atom. The van der Waals surface area contributed by atoms with Gasteiger partial charge in [-0.25, -0.2) is 0 Å². The lowest BCUT2D eigenvalue weighted by molar-refractivity contribution is -0.137. The van der Waals surface area contributed by atoms with Gasteiger partial charge in [0.15, 0.2) is 11.5 Å². The van der Waals surface area contributed by atoms with Gasteiger partial charge in [0.2, 0.25) is 0 Å². The van der Waals surface area contributed by atoms with Crippen LogP contribution in [0.15, 0.2) is 18.2 Å². The average Bonchev–Trinajstić information content (AvgIpc) is 2.71. The van der Waals surface area contributed by atoms with Crippen molar-refractivity contribution in [1.82, 2.24) is 10.2 Å². The van der Waals surface area contributed by atoms with E-state index in [1.54, 1.807) is 0 Å². The van der Waals surface area contributed by atoms with Gasteiger partial charge in [-0.1, -0.05) is 0 Å². The quantitative estimate of drug-likeness (QED) is 0.849. The number of ether oxygens (including phenoxy) is 2. The third kappa shape index (κ3) is 2.61. The fraction of sp³-hybridized carbons (Fsp3) is 0.308. The molecule has 0 aliphatic carbocycles. The molecule has 0 saturated heterocycles. The summed E-state index contributed by atoms with van der Waals surface area (Å²) < 4.78 is 50.5. The summed E-state index contributed by atoms with van der Waals surface area (Å²) >= 11 is 0. The number of nitrogens with zero attached hydrogens (tertiary/aromatic N) is 1. The Morgan fingerprint density at radius 3 is 2.33 bits per heavy atom. The maximum absolute atomic E-state index is 13.3. The largest absolute Gasteiger partial charge is 0.490 e. The first-order chi connectivity index (χ1) is 9.95. The van der Waals surface area contributed by atoms with Crippen LogP contribution in [0.3, 0.4) is 0 Å². The van der Waals surface area contributed by atoms with Crippen LogP contribution in [0.25, 0.3) is 11.3 Å². The number of nitrogens with one attached hydrogen (secondary N) is 1. The van der Waals surface area contributed by atoms with Crippen LogP contribution in [0.2, 0.25) is 0 Å². The average molecular weight is 299 g/mol. The molecule has 0 saturated carbocycles. The number of anilines is 1. The lowest BCUT2D eigenvalue weighted by Gasteiger charge is -2.15. The number of nitrogens with two attached hydrogens (primary N) is 1. The van der Waals surface area contributed by atoms with Gasteiger partial charge in [-0.2, -0.15) is 18.3 Å². The second-order valence-corrected chi connectivity index (χ2v) is 4.60. The summed E-state index contributed by atoms with van der Waals surface area (Å²) in [5.41, 5.74) is 4.74. The Hall–Kier alpha value is -2.38. The zero-order chi connectivity index (χ0) is 15.0. The van der Waals surface area contributed by atoms with Gasteiger partial charge in [-0.05, 0) is 12.1 Å². The van der Waals surface area contributed by atoms with Crippen molar-refractivity contribution in [1.29, 1.82) is 0 Å². The van der Waals surface area contributed by atoms with Gasteiger partial charge in [-0.15, -0.1) is 0 Å². The van der Waals surface area contributed by atoms with Crippen LogP contribution in [0.5, 0.6) is 11.5 Å². The number of halogens is 3. The number of hydrogen-bond acceptors (Lipinski definition) is 4. The first kappa shape index (κ1) is 13.6. The predicted octanol–water partition coefficient (Wildman–Crippen LogP) is 2.84. The molecular formula is C13H12F3N3O2. The van der Waals surface area contributed by atoms with Gasteiger partial charge in [0.25, 0.3) is 0 Å². The molecule has 0 amide bonds. The van der Waals surface area contributed by atoms with E-state index in [0.717, 1.165) is 6.07 Å². The molecule has 3 rings (SSSR count). The fourth-order valence-electron chi connectivity index (χ4n) is 2.14. The molecule has 0 unspecified atom stereocenters. The van der Waals surface area contributed by atoms with E-state index in [4.69, 9.17) is 15.2 Å². The molecule has 8 heteroatoms. The van der Waals surface area contributed by atoms with Crippen LogP contribution < -0.4 is 15.2 Å². The molecular weight excluding hydrogens is 287 g/mol. The molecule has 2 heterocycles.